The van der Waals surface area contributed by atoms with Crippen LogP contribution in [0.1, 0.15) is 201 Å². The molecule has 0 unspecified atom stereocenters. The smallest absolute Gasteiger partial charge is 0.305 e. The average molecular weight is 1390 g/mol. The van der Waals surface area contributed by atoms with Crippen molar-refractivity contribution in [3.05, 3.63) is 35.9 Å². The number of amides is 11. The second-order valence-corrected chi connectivity index (χ2v) is 25.6. The first-order valence-electron chi connectivity index (χ1n) is 34.4. The Balaban J connectivity index is 3.58. The molecule has 1 aromatic rings. The van der Waals surface area contributed by atoms with Crippen LogP contribution in [0.3, 0.4) is 0 Å². The zero-order chi connectivity index (χ0) is 73.7. The molecule has 0 spiro atoms. The number of nitrogens with zero attached hydrogens (tertiary/aromatic N) is 2. The summed E-state index contributed by atoms with van der Waals surface area (Å²) in [6.07, 6.45) is 11.4. The van der Waals surface area contributed by atoms with Gasteiger partial charge in [0.2, 0.25) is 65.0 Å². The van der Waals surface area contributed by atoms with Gasteiger partial charge in [0, 0.05) is 25.9 Å². The zero-order valence-electron chi connectivity index (χ0n) is 58.3. The number of primary amides is 2. The molecule has 32 nitrogen and oxygen atoms in total. The molecule has 11 amide bonds. The fourth-order valence-corrected chi connectivity index (χ4v) is 10.5. The molecule has 0 heterocycles. The van der Waals surface area contributed by atoms with Crippen LogP contribution in [-0.4, -0.2) is 173 Å². The third-order valence-electron chi connectivity index (χ3n) is 15.9. The molecular formula is C66H116N18O14. The molecule has 1 aromatic carbocycles. The highest BCUT2D eigenvalue weighted by molar-refractivity contribution is 6.00. The van der Waals surface area contributed by atoms with E-state index < -0.39 is 144 Å². The number of aliphatic hydroxyl groups excluding tert-OH is 1. The Kier molecular flexibility index (Phi) is 44.4. The Bertz CT molecular complexity index is 2710. The number of aliphatic imine (C=N–C) groups is 2. The van der Waals surface area contributed by atoms with E-state index in [2.05, 4.69) is 64.8 Å². The molecule has 0 aliphatic carbocycles. The van der Waals surface area contributed by atoms with Crippen molar-refractivity contribution in [2.45, 2.75) is 263 Å². The van der Waals surface area contributed by atoms with Crippen LogP contribution < -0.4 is 88.0 Å². The van der Waals surface area contributed by atoms with Crippen molar-refractivity contribution in [3.63, 3.8) is 0 Å². The van der Waals surface area contributed by atoms with Gasteiger partial charge in [0.05, 0.1) is 18.9 Å². The molecule has 0 saturated carbocycles. The first kappa shape index (κ1) is 87.3. The van der Waals surface area contributed by atoms with Crippen molar-refractivity contribution in [1.82, 2.24) is 47.9 Å². The van der Waals surface area contributed by atoms with Gasteiger partial charge in [0.15, 0.2) is 11.9 Å². The van der Waals surface area contributed by atoms with E-state index in [-0.39, 0.29) is 101 Å². The maximum Gasteiger partial charge on any atom is 0.305 e. The highest BCUT2D eigenvalue weighted by Gasteiger charge is 2.38. The van der Waals surface area contributed by atoms with Gasteiger partial charge >= 0.3 is 5.97 Å². The monoisotopic (exact) mass is 1380 g/mol. The molecule has 0 radical (unpaired) electrons. The minimum atomic E-state index is -1.97. The predicted molar refractivity (Wildman–Crippen MR) is 372 cm³/mol. The maximum atomic E-state index is 14.6. The molecular weight excluding hydrogens is 1270 g/mol. The Labute approximate surface area is 576 Å². The third-order valence-corrected chi connectivity index (χ3v) is 15.9. The SMILES string of the molecule is CCCCCCCCCCCCCCCC(=O)N[C@H](C(=O)N[C@@H](CCCN=C(N)N)C(=O)N[C@@H](Cc1ccccc1)C(=O)N[C@H](C(=O)N[C@@H](CCCN=C(N)N)C(=O)N[C@@H](CC(N)=O)C(=O)N[C@@H](CC(=O)O)C(=O)N[C@@H](CCCCN)C(=O)N[C@@H](CC(C)C)C(N)=O)[C@@H](C)O)C(C)C. The molecule has 554 valence electrons. The number of aliphatic hydroxyl groups is 1. The van der Waals surface area contributed by atoms with Gasteiger partial charge in [-0.25, -0.2) is 0 Å². The summed E-state index contributed by atoms with van der Waals surface area (Å²) < 4.78 is 0. The quantitative estimate of drug-likeness (QED) is 0.0216. The summed E-state index contributed by atoms with van der Waals surface area (Å²) in [6.45, 7) is 10.5. The van der Waals surface area contributed by atoms with E-state index in [0.29, 0.717) is 18.4 Å². The van der Waals surface area contributed by atoms with Crippen LogP contribution in [0.2, 0.25) is 0 Å². The van der Waals surface area contributed by atoms with Crippen molar-refractivity contribution in [1.29, 1.82) is 0 Å². The number of benzene rings is 1. The van der Waals surface area contributed by atoms with E-state index in [1.807, 2.05) is 0 Å². The molecule has 0 aliphatic heterocycles. The number of nitrogens with one attached hydrogen (secondary N) is 9. The van der Waals surface area contributed by atoms with Crippen LogP contribution in [0.25, 0.3) is 0 Å². The summed E-state index contributed by atoms with van der Waals surface area (Å²) in [4.78, 5) is 172. The molecule has 0 saturated heterocycles. The van der Waals surface area contributed by atoms with Gasteiger partial charge in [-0.2, -0.15) is 0 Å². The second kappa shape index (κ2) is 49.8. The number of nitrogens with two attached hydrogens (primary N) is 7. The van der Waals surface area contributed by atoms with Crippen molar-refractivity contribution < 1.29 is 67.7 Å². The number of unbranched alkanes of at least 4 members (excludes halogenated alkanes) is 13. The van der Waals surface area contributed by atoms with E-state index in [9.17, 15) is 67.7 Å². The van der Waals surface area contributed by atoms with E-state index >= 15 is 0 Å². The molecule has 1 rings (SSSR count). The van der Waals surface area contributed by atoms with Gasteiger partial charge in [-0.1, -0.05) is 142 Å². The largest absolute Gasteiger partial charge is 0.481 e. The summed E-state index contributed by atoms with van der Waals surface area (Å²) in [5, 5.41) is 43.6. The van der Waals surface area contributed by atoms with Crippen LogP contribution in [0, 0.1) is 11.8 Å². The number of aliphatic carboxylic acids is 1. The molecule has 98 heavy (non-hydrogen) atoms. The second-order valence-electron chi connectivity index (χ2n) is 25.6. The Morgan fingerprint density at radius 2 is 0.837 bits per heavy atom. The van der Waals surface area contributed by atoms with Crippen molar-refractivity contribution in [2.75, 3.05) is 19.6 Å². The first-order chi connectivity index (χ1) is 46.4. The van der Waals surface area contributed by atoms with E-state index in [1.54, 1.807) is 58.0 Å². The molecule has 10 atom stereocenters. The van der Waals surface area contributed by atoms with E-state index in [0.717, 1.165) is 32.6 Å². The van der Waals surface area contributed by atoms with Gasteiger partial charge in [0.25, 0.3) is 0 Å². The molecule has 0 aliphatic rings. The minimum Gasteiger partial charge on any atom is -0.481 e. The normalized spacial score (nSPS) is 14.2. The summed E-state index contributed by atoms with van der Waals surface area (Å²) in [5.41, 5.74) is 39.4. The van der Waals surface area contributed by atoms with Gasteiger partial charge in [0.1, 0.15) is 54.4 Å². The van der Waals surface area contributed by atoms with Gasteiger partial charge < -0.3 is 98.2 Å². The number of carboxylic acid groups (broad SMARTS) is 1. The Hall–Kier alpha value is -8.68. The van der Waals surface area contributed by atoms with E-state index in [4.69, 9.17) is 40.1 Å². The van der Waals surface area contributed by atoms with Gasteiger partial charge in [-0.3, -0.25) is 67.5 Å². The Morgan fingerprint density at radius 3 is 1.26 bits per heavy atom. The van der Waals surface area contributed by atoms with Crippen molar-refractivity contribution in [3.8, 4) is 0 Å². The molecule has 0 bridgehead atoms. The topological polar surface area (TPSA) is 560 Å². The van der Waals surface area contributed by atoms with Crippen molar-refractivity contribution >= 4 is 82.9 Å². The lowest BCUT2D eigenvalue weighted by molar-refractivity contribution is -0.142. The van der Waals surface area contributed by atoms with Crippen LogP contribution in [0.5, 0.6) is 0 Å². The number of guanidine groups is 2. The summed E-state index contributed by atoms with van der Waals surface area (Å²) >= 11 is 0. The number of carbonyl (C=O) groups is 12. The number of hydrogen-bond acceptors (Lipinski definition) is 16. The summed E-state index contributed by atoms with van der Waals surface area (Å²) in [7, 11) is 0. The highest BCUT2D eigenvalue weighted by Crippen LogP contribution is 2.16. The average Bonchev–Trinajstić information content (AvgIpc) is 0.857. The number of hydrogen-bond donors (Lipinski definition) is 18. The van der Waals surface area contributed by atoms with Gasteiger partial charge in [-0.15, -0.1) is 0 Å². The Morgan fingerprint density at radius 1 is 0.439 bits per heavy atom. The number of rotatable bonds is 54. The fourth-order valence-electron chi connectivity index (χ4n) is 10.5. The lowest BCUT2D eigenvalue weighted by atomic mass is 10.0. The van der Waals surface area contributed by atoms with Gasteiger partial charge in [-0.05, 0) is 88.7 Å². The lowest BCUT2D eigenvalue weighted by Crippen LogP contribution is -2.62. The van der Waals surface area contributed by atoms with Crippen LogP contribution >= 0.6 is 0 Å². The molecule has 32 heteroatoms. The van der Waals surface area contributed by atoms with Crippen LogP contribution in [-0.2, 0) is 64.0 Å². The predicted octanol–water partition coefficient (Wildman–Crippen LogP) is -0.772. The number of carboxylic acids is 1. The van der Waals surface area contributed by atoms with Crippen LogP contribution in [0.4, 0.5) is 0 Å². The standard InChI is InChI=1S/C66H116N18O14/c1-7-8-9-10-11-12-13-14-15-16-17-18-22-32-52(87)83-54(41(4)5)63(97)77-45(30-25-34-74-65(70)71)58(92)80-48(37-43-27-20-19-21-28-43)62(96)84-55(42(6)85)64(98)78-46(31-26-35-75-66(72)73)59(93)81-49(38-51(68)86)60(94)82-50(39-53(88)89)61(95)76-44(29-23-24-33-67)57(91)79-47(56(69)90)36-40(2)3/h19-21,27-28,40-42,44-50,54-55,85H,7-18,22-26,29-39,67H2,1-6H3,(H2,68,86)(H2,69,90)(H,76,95)(H,77,97)(H,78,98)(H,79,91)(H,80,92)(H,81,93)(H,82,94)(H,83,87)(H,84,96)(H,88,89)(H4,70,71,74)(H4,72,73,75)/t42-,44+,45+,46+,47+,48+,49+,50+,54+,55+/m1/s1. The van der Waals surface area contributed by atoms with Crippen LogP contribution in [0.15, 0.2) is 40.3 Å². The first-order valence-corrected chi connectivity index (χ1v) is 34.4. The zero-order valence-corrected chi connectivity index (χ0v) is 58.3. The third kappa shape index (κ3) is 38.9. The summed E-state index contributed by atoms with van der Waals surface area (Å²) in [5.74, 6) is -13.4. The molecule has 25 N–H and O–H groups in total. The maximum absolute atomic E-state index is 14.6. The highest BCUT2D eigenvalue weighted by atomic mass is 16.4. The molecule has 0 aromatic heterocycles. The fraction of sp³-hybridized carbons (Fsp3) is 0.697. The summed E-state index contributed by atoms with van der Waals surface area (Å²) in [6, 6.07) is -5.65. The van der Waals surface area contributed by atoms with E-state index in [1.165, 1.54) is 51.4 Å². The minimum absolute atomic E-state index is 0.0456. The van der Waals surface area contributed by atoms with Crippen molar-refractivity contribution in [2.24, 2.45) is 62.0 Å². The molecule has 0 fully saturated rings. The number of carbonyl (C=O) groups excluding carboxylic acids is 11. The lowest BCUT2D eigenvalue weighted by Gasteiger charge is -2.29.